The Kier molecular flexibility index (Phi) is 6.07. The van der Waals surface area contributed by atoms with Crippen LogP contribution in [0.4, 0.5) is 0 Å². The third kappa shape index (κ3) is 4.00. The maximum Gasteiger partial charge on any atom is 0.326 e. The van der Waals surface area contributed by atoms with Crippen LogP contribution in [0.2, 0.25) is 0 Å². The van der Waals surface area contributed by atoms with Crippen LogP contribution < -0.4 is 21.8 Å². The van der Waals surface area contributed by atoms with Crippen LogP contribution in [0.25, 0.3) is 11.6 Å². The fraction of sp³-hybridized carbons (Fsp3) is 0.304. The maximum absolute atomic E-state index is 13.1. The topological polar surface area (TPSA) is 78.1 Å². The predicted octanol–water partition coefficient (Wildman–Crippen LogP) is 0.333. The Labute approximate surface area is 181 Å². The second-order valence-electron chi connectivity index (χ2n) is 8.05. The van der Waals surface area contributed by atoms with Crippen LogP contribution in [0.15, 0.2) is 63.1 Å². The summed E-state index contributed by atoms with van der Waals surface area (Å²) in [5.74, 6) is 0. The van der Waals surface area contributed by atoms with Crippen molar-refractivity contribution in [1.82, 2.24) is 9.13 Å². The molecule has 0 unspecified atom stereocenters. The lowest BCUT2D eigenvalue weighted by Gasteiger charge is -2.27. The van der Waals surface area contributed by atoms with Gasteiger partial charge in [-0.05, 0) is 36.6 Å². The molecule has 0 amide bonds. The van der Waals surface area contributed by atoms with E-state index in [2.05, 4.69) is 0 Å². The van der Waals surface area contributed by atoms with E-state index in [0.29, 0.717) is 12.1 Å². The molecule has 0 radical (unpaired) electrons. The van der Waals surface area contributed by atoms with Crippen LogP contribution in [0.1, 0.15) is 18.9 Å². The van der Waals surface area contributed by atoms with E-state index >= 15 is 0 Å². The molecule has 8 heteroatoms. The molecule has 1 aromatic carbocycles. The van der Waals surface area contributed by atoms with Crippen LogP contribution in [-0.4, -0.2) is 42.1 Å². The first-order valence-corrected chi connectivity index (χ1v) is 11.5. The third-order valence-corrected chi connectivity index (χ3v) is 8.27. The lowest BCUT2D eigenvalue weighted by atomic mass is 10.1. The number of hydrogen-bond acceptors (Lipinski definition) is 4. The fourth-order valence-electron chi connectivity index (χ4n) is 3.40. The van der Waals surface area contributed by atoms with Crippen molar-refractivity contribution in [1.29, 1.82) is 0 Å². The van der Waals surface area contributed by atoms with Gasteiger partial charge < -0.3 is 9.13 Å². The molecule has 0 bridgehead atoms. The van der Waals surface area contributed by atoms with Gasteiger partial charge in [-0.25, -0.2) is 3.89 Å². The minimum Gasteiger partial charge on any atom is -0.305 e. The molecule has 0 saturated heterocycles. The normalized spacial score (nSPS) is 17.1. The molecule has 2 aromatic rings. The van der Waals surface area contributed by atoms with Gasteiger partial charge in [-0.1, -0.05) is 42.5 Å². The van der Waals surface area contributed by atoms with Gasteiger partial charge in [-0.2, -0.15) is 8.42 Å². The first-order valence-electron chi connectivity index (χ1n) is 10.0. The number of benzene rings is 1. The zero-order valence-electron chi connectivity index (χ0n) is 18.5. The molecule has 3 rings (SSSR count). The minimum atomic E-state index is -3.55. The summed E-state index contributed by atoms with van der Waals surface area (Å²) in [7, 11) is 2.87. The van der Waals surface area contributed by atoms with Gasteiger partial charge >= 0.3 is 10.0 Å². The quantitative estimate of drug-likeness (QED) is 0.640. The molecule has 1 aliphatic carbocycles. The largest absolute Gasteiger partial charge is 0.326 e. The molecule has 0 spiro atoms. The van der Waals surface area contributed by atoms with E-state index in [1.54, 1.807) is 46.4 Å². The highest BCUT2D eigenvalue weighted by molar-refractivity contribution is 7.90. The highest BCUT2D eigenvalue weighted by atomic mass is 32.2. The highest BCUT2D eigenvalue weighted by Gasteiger charge is 2.34. The zero-order chi connectivity index (χ0) is 23.0. The van der Waals surface area contributed by atoms with Crippen molar-refractivity contribution in [3.8, 4) is 0 Å². The predicted molar refractivity (Wildman–Crippen MR) is 123 cm³/mol. The smallest absolute Gasteiger partial charge is 0.305 e. The van der Waals surface area contributed by atoms with E-state index in [9.17, 15) is 18.0 Å². The number of aromatic nitrogens is 2. The molecule has 0 N–H and O–H groups in total. The Morgan fingerprint density at radius 2 is 1.65 bits per heavy atom. The Morgan fingerprint density at radius 1 is 1.00 bits per heavy atom. The monoisotopic (exact) mass is 442 g/mol. The lowest BCUT2D eigenvalue weighted by molar-refractivity contribution is -0.759. The lowest BCUT2D eigenvalue weighted by Crippen LogP contribution is -2.57. The second kappa shape index (κ2) is 8.28. The molecule has 1 aliphatic rings. The number of nitrogens with zero attached hydrogens (tertiary/aromatic N) is 3. The summed E-state index contributed by atoms with van der Waals surface area (Å²) in [6.07, 6.45) is 6.68. The van der Waals surface area contributed by atoms with Gasteiger partial charge in [0.25, 0.3) is 11.1 Å². The van der Waals surface area contributed by atoms with Gasteiger partial charge in [0.1, 0.15) is 15.6 Å². The molecular formula is C23H28N3O4S+. The molecule has 0 saturated carbocycles. The van der Waals surface area contributed by atoms with Crippen molar-refractivity contribution in [2.75, 3.05) is 20.6 Å². The van der Waals surface area contributed by atoms with Gasteiger partial charge in [0.05, 0.1) is 20.6 Å². The standard InChI is InChI=1S/C23H28N3O4S/c1-6-26(4,5)31(29,30)19-14-12-18(13-15-19)21-23(28)24(2)20(22(27)25(21)3)16-17-10-8-7-9-11-17/h7-12,14-16H,6,13H2,1-5H3/q+1/b20-16-,21-18+. The molecule has 0 fully saturated rings. The summed E-state index contributed by atoms with van der Waals surface area (Å²) in [6, 6.07) is 9.33. The maximum atomic E-state index is 13.1. The fourth-order valence-corrected chi connectivity index (χ4v) is 4.84. The average Bonchev–Trinajstić information content (AvgIpc) is 2.76. The van der Waals surface area contributed by atoms with Crippen LogP contribution in [0, 0.1) is 0 Å². The van der Waals surface area contributed by atoms with E-state index in [0.717, 1.165) is 5.56 Å². The van der Waals surface area contributed by atoms with E-state index in [1.165, 1.54) is 15.2 Å². The summed E-state index contributed by atoms with van der Waals surface area (Å²) in [4.78, 5) is 26.4. The molecule has 1 heterocycles. The Bertz CT molecular complexity index is 1420. The van der Waals surface area contributed by atoms with E-state index in [-0.39, 0.29) is 37.0 Å². The Morgan fingerprint density at radius 3 is 2.19 bits per heavy atom. The van der Waals surface area contributed by atoms with Crippen LogP contribution in [0.5, 0.6) is 0 Å². The molecular weight excluding hydrogens is 414 g/mol. The molecule has 7 nitrogen and oxygen atoms in total. The first-order chi connectivity index (χ1) is 14.5. The highest BCUT2D eigenvalue weighted by Crippen LogP contribution is 2.24. The van der Waals surface area contributed by atoms with E-state index < -0.39 is 10.0 Å². The van der Waals surface area contributed by atoms with Crippen LogP contribution in [-0.2, 0) is 24.1 Å². The molecule has 0 aliphatic heterocycles. The van der Waals surface area contributed by atoms with Gasteiger partial charge in [0.2, 0.25) is 0 Å². The molecule has 0 atom stereocenters. The number of rotatable bonds is 4. The van der Waals surface area contributed by atoms with Gasteiger partial charge in [0.15, 0.2) is 0 Å². The van der Waals surface area contributed by atoms with Gasteiger partial charge in [-0.3, -0.25) is 9.59 Å². The third-order valence-electron chi connectivity index (χ3n) is 5.82. The first kappa shape index (κ1) is 22.7. The number of allylic oxidation sites excluding steroid dienone is 3. The second-order valence-corrected chi connectivity index (χ2v) is 10.5. The Hall–Kier alpha value is -2.97. The van der Waals surface area contributed by atoms with Gasteiger partial charge in [-0.15, -0.1) is 0 Å². The van der Waals surface area contributed by atoms with Crippen LogP contribution >= 0.6 is 0 Å². The van der Waals surface area contributed by atoms with Crippen molar-refractivity contribution < 1.29 is 12.3 Å². The summed E-state index contributed by atoms with van der Waals surface area (Å²) in [6.45, 7) is 2.24. The Balaban J connectivity index is 2.18. The number of sulfonamides is 1. The molecule has 31 heavy (non-hydrogen) atoms. The van der Waals surface area contributed by atoms with Crippen molar-refractivity contribution >= 4 is 21.7 Å². The number of hydrogen-bond donors (Lipinski definition) is 0. The summed E-state index contributed by atoms with van der Waals surface area (Å²) < 4.78 is 28.2. The van der Waals surface area contributed by atoms with Crippen molar-refractivity contribution in [2.24, 2.45) is 14.1 Å². The van der Waals surface area contributed by atoms with E-state index in [4.69, 9.17) is 0 Å². The van der Waals surface area contributed by atoms with Crippen molar-refractivity contribution in [3.63, 3.8) is 0 Å². The summed E-state index contributed by atoms with van der Waals surface area (Å²) in [5.41, 5.74) is 0.815. The van der Waals surface area contributed by atoms with Crippen LogP contribution in [0.3, 0.4) is 0 Å². The SMILES string of the molecule is CC[N+](C)(C)S(=O)(=O)C1=CC/C(=c2\c(=O)n(C)/c(=C\c3ccccc3)c(=O)n2C)C=C1. The summed E-state index contributed by atoms with van der Waals surface area (Å²) in [5, 5.41) is 0.537. The van der Waals surface area contributed by atoms with Crippen molar-refractivity contribution in [3.05, 3.63) is 90.4 Å². The van der Waals surface area contributed by atoms with Gasteiger partial charge in [0, 0.05) is 14.1 Å². The zero-order valence-corrected chi connectivity index (χ0v) is 19.3. The number of quaternary nitrogens is 1. The average molecular weight is 443 g/mol. The van der Waals surface area contributed by atoms with E-state index in [1.807, 2.05) is 37.3 Å². The minimum absolute atomic E-state index is 0.164. The molecule has 1 aromatic heterocycles. The molecule has 164 valence electrons. The van der Waals surface area contributed by atoms with Crippen molar-refractivity contribution in [2.45, 2.75) is 13.3 Å². The summed E-state index contributed by atoms with van der Waals surface area (Å²) >= 11 is 0.